The zero-order valence-electron chi connectivity index (χ0n) is 14.6. The molecular weight excluding hydrogens is 378 g/mol. The lowest BCUT2D eigenvalue weighted by Crippen LogP contribution is -2.43. The van der Waals surface area contributed by atoms with Gasteiger partial charge in [0.05, 0.1) is 18.5 Å². The van der Waals surface area contributed by atoms with Crippen molar-refractivity contribution in [2.75, 3.05) is 7.11 Å². The monoisotopic (exact) mass is 394 g/mol. The van der Waals surface area contributed by atoms with E-state index in [4.69, 9.17) is 4.74 Å². The first kappa shape index (κ1) is 20.7. The summed E-state index contributed by atoms with van der Waals surface area (Å²) in [6.45, 7) is 0. The van der Waals surface area contributed by atoms with Gasteiger partial charge in [-0.05, 0) is 23.8 Å². The van der Waals surface area contributed by atoms with Crippen molar-refractivity contribution >= 4 is 17.6 Å². The molecular formula is C18H16F2N2O6. The zero-order valence-corrected chi connectivity index (χ0v) is 14.6. The van der Waals surface area contributed by atoms with E-state index in [0.717, 1.165) is 18.2 Å². The molecule has 0 saturated carbocycles. The Morgan fingerprint density at radius 3 is 2.50 bits per heavy atom. The number of nitro groups is 1. The quantitative estimate of drug-likeness (QED) is 0.524. The lowest BCUT2D eigenvalue weighted by molar-refractivity contribution is -0.384. The van der Waals surface area contributed by atoms with E-state index >= 15 is 0 Å². The third kappa shape index (κ3) is 5.22. The second-order valence-corrected chi connectivity index (χ2v) is 5.84. The molecule has 1 amide bonds. The van der Waals surface area contributed by atoms with Crippen LogP contribution in [-0.2, 0) is 22.4 Å². The van der Waals surface area contributed by atoms with Crippen LogP contribution in [-0.4, -0.2) is 35.1 Å². The minimum Gasteiger partial charge on any atom is -0.496 e. The fourth-order valence-electron chi connectivity index (χ4n) is 2.54. The SMILES string of the molecule is COc1ccc([N+](=O)[O-])cc1C[C@H](NC(=O)Cc1ccc(F)c(F)c1)C(=O)O. The van der Waals surface area contributed by atoms with E-state index in [0.29, 0.717) is 0 Å². The minimum atomic E-state index is -1.41. The standard InChI is InChI=1S/C18H16F2N2O6/c1-28-16-5-3-12(22(26)27)8-11(16)9-15(18(24)25)21-17(23)7-10-2-4-13(19)14(20)6-10/h2-6,8,15H,7,9H2,1H3,(H,21,23)(H,24,25)/t15-/m0/s1. The van der Waals surface area contributed by atoms with Crippen LogP contribution in [0.2, 0.25) is 0 Å². The summed E-state index contributed by atoms with van der Waals surface area (Å²) >= 11 is 0. The van der Waals surface area contributed by atoms with E-state index in [9.17, 15) is 33.6 Å². The Balaban J connectivity index is 2.16. The molecule has 0 heterocycles. The first-order valence-corrected chi connectivity index (χ1v) is 7.98. The average Bonchev–Trinajstić information content (AvgIpc) is 2.63. The van der Waals surface area contributed by atoms with E-state index in [2.05, 4.69) is 5.32 Å². The van der Waals surface area contributed by atoms with Gasteiger partial charge in [-0.3, -0.25) is 14.9 Å². The summed E-state index contributed by atoms with van der Waals surface area (Å²) in [5.41, 5.74) is 0.124. The van der Waals surface area contributed by atoms with Crippen LogP contribution >= 0.6 is 0 Å². The molecule has 0 aliphatic heterocycles. The number of aliphatic carboxylic acids is 1. The number of nitrogens with zero attached hydrogens (tertiary/aromatic N) is 1. The van der Waals surface area contributed by atoms with Gasteiger partial charge >= 0.3 is 5.97 Å². The van der Waals surface area contributed by atoms with Crippen LogP contribution in [0.15, 0.2) is 36.4 Å². The van der Waals surface area contributed by atoms with Crippen molar-refractivity contribution in [1.82, 2.24) is 5.32 Å². The number of amides is 1. The van der Waals surface area contributed by atoms with Crippen molar-refractivity contribution in [3.05, 3.63) is 69.3 Å². The Hall–Kier alpha value is -3.56. The molecule has 2 N–H and O–H groups in total. The summed E-state index contributed by atoms with van der Waals surface area (Å²) in [6.07, 6.45) is -0.642. The van der Waals surface area contributed by atoms with Crippen molar-refractivity contribution in [3.8, 4) is 5.75 Å². The second kappa shape index (κ2) is 8.89. The highest BCUT2D eigenvalue weighted by Crippen LogP contribution is 2.25. The van der Waals surface area contributed by atoms with Crippen LogP contribution in [0.5, 0.6) is 5.75 Å². The number of hydrogen-bond acceptors (Lipinski definition) is 5. The number of methoxy groups -OCH3 is 1. The second-order valence-electron chi connectivity index (χ2n) is 5.84. The van der Waals surface area contributed by atoms with Crippen LogP contribution in [0.25, 0.3) is 0 Å². The number of carboxylic acids is 1. The van der Waals surface area contributed by atoms with E-state index in [1.807, 2.05) is 0 Å². The number of rotatable bonds is 8. The van der Waals surface area contributed by atoms with Crippen LogP contribution in [0.1, 0.15) is 11.1 Å². The smallest absolute Gasteiger partial charge is 0.326 e. The fraction of sp³-hybridized carbons (Fsp3) is 0.222. The maximum absolute atomic E-state index is 13.2. The normalized spacial score (nSPS) is 11.5. The molecule has 0 aliphatic carbocycles. The van der Waals surface area contributed by atoms with Crippen molar-refractivity contribution in [3.63, 3.8) is 0 Å². The van der Waals surface area contributed by atoms with E-state index in [1.165, 1.54) is 25.3 Å². The third-order valence-corrected chi connectivity index (χ3v) is 3.88. The maximum atomic E-state index is 13.2. The maximum Gasteiger partial charge on any atom is 0.326 e. The van der Waals surface area contributed by atoms with E-state index in [-0.39, 0.29) is 35.4 Å². The first-order chi connectivity index (χ1) is 13.2. The Bertz CT molecular complexity index is 919. The van der Waals surface area contributed by atoms with Crippen molar-refractivity contribution in [2.45, 2.75) is 18.9 Å². The van der Waals surface area contributed by atoms with Crippen LogP contribution in [0.4, 0.5) is 14.5 Å². The van der Waals surface area contributed by atoms with Gasteiger partial charge in [-0.1, -0.05) is 6.07 Å². The van der Waals surface area contributed by atoms with Crippen LogP contribution < -0.4 is 10.1 Å². The number of nitrogens with one attached hydrogen (secondary N) is 1. The van der Waals surface area contributed by atoms with Crippen molar-refractivity contribution in [2.24, 2.45) is 0 Å². The molecule has 0 saturated heterocycles. The number of halogens is 2. The van der Waals surface area contributed by atoms with Crippen molar-refractivity contribution < 1.29 is 33.1 Å². The topological polar surface area (TPSA) is 119 Å². The van der Waals surface area contributed by atoms with Gasteiger partial charge in [-0.25, -0.2) is 13.6 Å². The highest BCUT2D eigenvalue weighted by atomic mass is 19.2. The summed E-state index contributed by atoms with van der Waals surface area (Å²) in [7, 11) is 1.32. The average molecular weight is 394 g/mol. The molecule has 0 unspecified atom stereocenters. The van der Waals surface area contributed by atoms with Crippen LogP contribution in [0, 0.1) is 21.7 Å². The predicted molar refractivity (Wildman–Crippen MR) is 93.0 cm³/mol. The Morgan fingerprint density at radius 2 is 1.93 bits per heavy atom. The van der Waals surface area contributed by atoms with E-state index in [1.54, 1.807) is 0 Å². The zero-order chi connectivity index (χ0) is 20.8. The minimum absolute atomic E-state index is 0.161. The van der Waals surface area contributed by atoms with Crippen molar-refractivity contribution in [1.29, 1.82) is 0 Å². The molecule has 8 nitrogen and oxygen atoms in total. The van der Waals surface area contributed by atoms with Gasteiger partial charge in [-0.15, -0.1) is 0 Å². The number of hydrogen-bond donors (Lipinski definition) is 2. The molecule has 148 valence electrons. The lowest BCUT2D eigenvalue weighted by Gasteiger charge is -2.16. The summed E-state index contributed by atoms with van der Waals surface area (Å²) in [6, 6.07) is 5.20. The summed E-state index contributed by atoms with van der Waals surface area (Å²) < 4.78 is 31.2. The summed E-state index contributed by atoms with van der Waals surface area (Å²) in [5.74, 6) is -4.06. The molecule has 0 aliphatic rings. The molecule has 0 radical (unpaired) electrons. The molecule has 2 rings (SSSR count). The Labute approximate surface area is 157 Å². The third-order valence-electron chi connectivity index (χ3n) is 3.88. The highest BCUT2D eigenvalue weighted by Gasteiger charge is 2.23. The number of non-ortho nitro benzene ring substituents is 1. The highest BCUT2D eigenvalue weighted by molar-refractivity contribution is 5.85. The number of benzene rings is 2. The molecule has 1 atom stereocenters. The van der Waals surface area contributed by atoms with Gasteiger partial charge in [0.2, 0.25) is 5.91 Å². The molecule has 0 aromatic heterocycles. The molecule has 2 aromatic carbocycles. The van der Waals surface area contributed by atoms with Gasteiger partial charge in [0, 0.05) is 24.1 Å². The molecule has 2 aromatic rings. The van der Waals surface area contributed by atoms with Gasteiger partial charge in [0.15, 0.2) is 11.6 Å². The largest absolute Gasteiger partial charge is 0.496 e. The fourth-order valence-corrected chi connectivity index (χ4v) is 2.54. The summed E-state index contributed by atoms with van der Waals surface area (Å²) in [4.78, 5) is 33.9. The molecule has 10 heteroatoms. The van der Waals surface area contributed by atoms with Gasteiger partial charge in [-0.2, -0.15) is 0 Å². The predicted octanol–water partition coefficient (Wildman–Crippen LogP) is 2.24. The number of ether oxygens (including phenoxy) is 1. The number of carbonyl (C=O) groups is 2. The van der Waals surface area contributed by atoms with E-state index < -0.39 is 34.5 Å². The summed E-state index contributed by atoms with van der Waals surface area (Å²) in [5, 5.41) is 22.6. The lowest BCUT2D eigenvalue weighted by atomic mass is 10.0. The Kier molecular flexibility index (Phi) is 6.59. The van der Waals surface area contributed by atoms with Gasteiger partial charge in [0.25, 0.3) is 5.69 Å². The first-order valence-electron chi connectivity index (χ1n) is 7.98. The molecule has 0 fully saturated rings. The number of carboxylic acid groups (broad SMARTS) is 1. The number of carbonyl (C=O) groups excluding carboxylic acids is 1. The number of nitro benzene ring substituents is 1. The molecule has 0 bridgehead atoms. The van der Waals surface area contributed by atoms with Gasteiger partial charge < -0.3 is 15.2 Å². The Morgan fingerprint density at radius 1 is 1.21 bits per heavy atom. The van der Waals surface area contributed by atoms with Crippen LogP contribution in [0.3, 0.4) is 0 Å². The van der Waals surface area contributed by atoms with Gasteiger partial charge in [0.1, 0.15) is 11.8 Å². The molecule has 28 heavy (non-hydrogen) atoms. The molecule has 0 spiro atoms.